The predicted molar refractivity (Wildman–Crippen MR) is 59.3 cm³/mol. The second-order valence-electron chi connectivity index (χ2n) is 3.73. The van der Waals surface area contributed by atoms with Crippen LogP contribution in [-0.2, 0) is 0 Å². The van der Waals surface area contributed by atoms with Gasteiger partial charge < -0.3 is 4.74 Å². The standard InChI is InChI=1S/C10H15BrN2O/c1-7(2)4-8(3)14-10-9(11)5-12-6-13-10/h5-8H,4H2,1-3H3. The second kappa shape index (κ2) is 5.29. The van der Waals surface area contributed by atoms with Crippen LogP contribution >= 0.6 is 15.9 Å². The van der Waals surface area contributed by atoms with Crippen molar-refractivity contribution in [2.75, 3.05) is 0 Å². The molecule has 0 fully saturated rings. The van der Waals surface area contributed by atoms with Gasteiger partial charge in [0.05, 0.1) is 10.6 Å². The van der Waals surface area contributed by atoms with E-state index in [0.717, 1.165) is 10.9 Å². The average Bonchev–Trinajstić information content (AvgIpc) is 2.07. The average molecular weight is 259 g/mol. The number of halogens is 1. The molecule has 78 valence electrons. The lowest BCUT2D eigenvalue weighted by Gasteiger charge is -2.16. The van der Waals surface area contributed by atoms with E-state index in [0.29, 0.717) is 11.8 Å². The molecule has 0 aliphatic carbocycles. The number of nitrogens with zero attached hydrogens (tertiary/aromatic N) is 2. The molecule has 1 heterocycles. The zero-order valence-electron chi connectivity index (χ0n) is 8.70. The topological polar surface area (TPSA) is 35.0 Å². The summed E-state index contributed by atoms with van der Waals surface area (Å²) >= 11 is 3.34. The van der Waals surface area contributed by atoms with Gasteiger partial charge in [0.15, 0.2) is 0 Å². The SMILES string of the molecule is CC(C)CC(C)Oc1ncncc1Br. The van der Waals surface area contributed by atoms with E-state index in [1.807, 2.05) is 0 Å². The van der Waals surface area contributed by atoms with E-state index in [-0.39, 0.29) is 6.10 Å². The summed E-state index contributed by atoms with van der Waals surface area (Å²) in [5.74, 6) is 1.25. The number of aromatic nitrogens is 2. The maximum absolute atomic E-state index is 5.66. The zero-order valence-corrected chi connectivity index (χ0v) is 10.3. The number of hydrogen-bond donors (Lipinski definition) is 0. The van der Waals surface area contributed by atoms with Gasteiger partial charge in [0.2, 0.25) is 5.88 Å². The molecule has 0 aliphatic rings. The molecule has 4 heteroatoms. The molecule has 0 radical (unpaired) electrons. The molecular weight excluding hydrogens is 244 g/mol. The van der Waals surface area contributed by atoms with E-state index in [9.17, 15) is 0 Å². The van der Waals surface area contributed by atoms with Crippen LogP contribution in [0.4, 0.5) is 0 Å². The molecule has 0 aliphatic heterocycles. The van der Waals surface area contributed by atoms with Crippen molar-refractivity contribution in [2.45, 2.75) is 33.3 Å². The van der Waals surface area contributed by atoms with Gasteiger partial charge in [-0.2, -0.15) is 0 Å². The van der Waals surface area contributed by atoms with Crippen molar-refractivity contribution in [3.63, 3.8) is 0 Å². The summed E-state index contributed by atoms with van der Waals surface area (Å²) in [6, 6.07) is 0. The van der Waals surface area contributed by atoms with Gasteiger partial charge >= 0.3 is 0 Å². The molecule has 1 rings (SSSR count). The van der Waals surface area contributed by atoms with Crippen LogP contribution in [0.15, 0.2) is 17.0 Å². The Hall–Kier alpha value is -0.640. The highest BCUT2D eigenvalue weighted by Crippen LogP contribution is 2.22. The molecule has 14 heavy (non-hydrogen) atoms. The van der Waals surface area contributed by atoms with Gasteiger partial charge in [0.25, 0.3) is 0 Å². The number of hydrogen-bond acceptors (Lipinski definition) is 3. The summed E-state index contributed by atoms with van der Waals surface area (Å²) < 4.78 is 6.46. The Bertz CT molecular complexity index is 291. The molecule has 0 saturated heterocycles. The number of ether oxygens (including phenoxy) is 1. The van der Waals surface area contributed by atoms with Crippen molar-refractivity contribution in [1.29, 1.82) is 0 Å². The van der Waals surface area contributed by atoms with Crippen molar-refractivity contribution in [3.8, 4) is 5.88 Å². The van der Waals surface area contributed by atoms with Gasteiger partial charge in [-0.25, -0.2) is 9.97 Å². The first-order valence-electron chi connectivity index (χ1n) is 4.71. The van der Waals surface area contributed by atoms with E-state index in [1.165, 1.54) is 6.33 Å². The van der Waals surface area contributed by atoms with Gasteiger partial charge in [-0.15, -0.1) is 0 Å². The van der Waals surface area contributed by atoms with Crippen LogP contribution in [0.25, 0.3) is 0 Å². The van der Waals surface area contributed by atoms with Crippen molar-refractivity contribution in [1.82, 2.24) is 9.97 Å². The Labute approximate surface area is 93.0 Å². The lowest BCUT2D eigenvalue weighted by molar-refractivity contribution is 0.184. The minimum Gasteiger partial charge on any atom is -0.474 e. The maximum Gasteiger partial charge on any atom is 0.231 e. The first-order valence-corrected chi connectivity index (χ1v) is 5.51. The normalized spacial score (nSPS) is 12.9. The molecule has 0 aromatic carbocycles. The second-order valence-corrected chi connectivity index (χ2v) is 4.59. The molecule has 1 unspecified atom stereocenters. The lowest BCUT2D eigenvalue weighted by Crippen LogP contribution is -2.15. The third-order valence-electron chi connectivity index (χ3n) is 1.75. The van der Waals surface area contributed by atoms with Gasteiger partial charge in [-0.1, -0.05) is 13.8 Å². The molecule has 0 saturated carbocycles. The molecule has 0 spiro atoms. The largest absolute Gasteiger partial charge is 0.474 e. The Kier molecular flexibility index (Phi) is 4.32. The minimum absolute atomic E-state index is 0.182. The third kappa shape index (κ3) is 3.62. The van der Waals surface area contributed by atoms with Crippen LogP contribution in [-0.4, -0.2) is 16.1 Å². The van der Waals surface area contributed by atoms with Gasteiger partial charge in [0, 0.05) is 6.20 Å². The molecular formula is C10H15BrN2O. The summed E-state index contributed by atoms with van der Waals surface area (Å²) in [5, 5.41) is 0. The highest BCUT2D eigenvalue weighted by Gasteiger charge is 2.09. The number of rotatable bonds is 4. The summed E-state index contributed by atoms with van der Waals surface area (Å²) in [5.41, 5.74) is 0. The molecule has 1 aromatic rings. The predicted octanol–water partition coefficient (Wildman–Crippen LogP) is 3.05. The summed E-state index contributed by atoms with van der Waals surface area (Å²) in [7, 11) is 0. The van der Waals surface area contributed by atoms with Crippen molar-refractivity contribution >= 4 is 15.9 Å². The summed E-state index contributed by atoms with van der Waals surface area (Å²) in [4.78, 5) is 7.92. The van der Waals surface area contributed by atoms with Crippen LogP contribution in [0.1, 0.15) is 27.2 Å². The maximum atomic E-state index is 5.66. The van der Waals surface area contributed by atoms with E-state index >= 15 is 0 Å². The summed E-state index contributed by atoms with van der Waals surface area (Å²) in [6.07, 6.45) is 4.38. The minimum atomic E-state index is 0.182. The van der Waals surface area contributed by atoms with Gasteiger partial charge in [-0.05, 0) is 35.2 Å². The van der Waals surface area contributed by atoms with Crippen molar-refractivity contribution < 1.29 is 4.74 Å². The third-order valence-corrected chi connectivity index (χ3v) is 2.29. The highest BCUT2D eigenvalue weighted by atomic mass is 79.9. The molecule has 1 atom stereocenters. The smallest absolute Gasteiger partial charge is 0.231 e. The molecule has 0 bridgehead atoms. The fourth-order valence-corrected chi connectivity index (χ4v) is 1.60. The van der Waals surface area contributed by atoms with Crippen molar-refractivity contribution in [3.05, 3.63) is 17.0 Å². The lowest BCUT2D eigenvalue weighted by atomic mass is 10.1. The molecule has 3 nitrogen and oxygen atoms in total. The Morgan fingerprint density at radius 2 is 2.14 bits per heavy atom. The first kappa shape index (κ1) is 11.4. The van der Waals surface area contributed by atoms with Crippen LogP contribution in [0.3, 0.4) is 0 Å². The van der Waals surface area contributed by atoms with Gasteiger partial charge in [0.1, 0.15) is 6.33 Å². The van der Waals surface area contributed by atoms with Gasteiger partial charge in [-0.3, -0.25) is 0 Å². The Balaban J connectivity index is 2.56. The Morgan fingerprint density at radius 3 is 2.71 bits per heavy atom. The quantitative estimate of drug-likeness (QED) is 0.833. The van der Waals surface area contributed by atoms with E-state index in [1.54, 1.807) is 6.20 Å². The van der Waals surface area contributed by atoms with E-state index in [4.69, 9.17) is 4.74 Å². The molecule has 1 aromatic heterocycles. The van der Waals surface area contributed by atoms with Crippen LogP contribution in [0, 0.1) is 5.92 Å². The first-order chi connectivity index (χ1) is 6.59. The monoisotopic (exact) mass is 258 g/mol. The highest BCUT2D eigenvalue weighted by molar-refractivity contribution is 9.10. The Morgan fingerprint density at radius 1 is 1.43 bits per heavy atom. The fraction of sp³-hybridized carbons (Fsp3) is 0.600. The fourth-order valence-electron chi connectivity index (χ4n) is 1.29. The van der Waals surface area contributed by atoms with E-state index < -0.39 is 0 Å². The van der Waals surface area contributed by atoms with Crippen LogP contribution in [0.5, 0.6) is 5.88 Å². The molecule has 0 amide bonds. The zero-order chi connectivity index (χ0) is 10.6. The summed E-state index contributed by atoms with van der Waals surface area (Å²) in [6.45, 7) is 6.40. The van der Waals surface area contributed by atoms with Crippen LogP contribution < -0.4 is 4.74 Å². The van der Waals surface area contributed by atoms with E-state index in [2.05, 4.69) is 46.7 Å². The molecule has 0 N–H and O–H groups in total. The van der Waals surface area contributed by atoms with Crippen LogP contribution in [0.2, 0.25) is 0 Å². The van der Waals surface area contributed by atoms with Crippen molar-refractivity contribution in [2.24, 2.45) is 5.92 Å².